The second-order valence-electron chi connectivity index (χ2n) is 7.27. The van der Waals surface area contributed by atoms with Crippen molar-refractivity contribution in [2.45, 2.75) is 70.8 Å². The Hall–Kier alpha value is -2.00. The fourth-order valence-electron chi connectivity index (χ4n) is 3.65. The molecule has 0 saturated carbocycles. The number of hydrogen-bond donors (Lipinski definition) is 2. The van der Waals surface area contributed by atoms with Gasteiger partial charge in [0, 0.05) is 23.8 Å². The van der Waals surface area contributed by atoms with Crippen molar-refractivity contribution in [3.05, 3.63) is 22.7 Å². The molecule has 0 spiro atoms. The minimum Gasteiger partial charge on any atom is -0.463 e. The molecule has 0 radical (unpaired) electrons. The minimum absolute atomic E-state index is 0.207. The number of carbonyl (C=O) groups is 2. The molecule has 1 aromatic heterocycles. The molecule has 2 aliphatic rings. The van der Waals surface area contributed by atoms with Crippen LogP contribution in [0.5, 0.6) is 0 Å². The van der Waals surface area contributed by atoms with Crippen molar-refractivity contribution in [3.8, 4) is 0 Å². The van der Waals surface area contributed by atoms with E-state index in [1.807, 2.05) is 13.8 Å². The quantitative estimate of drug-likeness (QED) is 0.494. The highest BCUT2D eigenvalue weighted by atomic mass is 32.2. The van der Waals surface area contributed by atoms with Gasteiger partial charge in [-0.1, -0.05) is 18.7 Å². The molecule has 2 amide bonds. The normalized spacial score (nSPS) is 21.9. The molecule has 1 fully saturated rings. The lowest BCUT2D eigenvalue weighted by Gasteiger charge is -2.28. The lowest BCUT2D eigenvalue weighted by Crippen LogP contribution is -2.50. The zero-order chi connectivity index (χ0) is 21.0. The van der Waals surface area contributed by atoms with Gasteiger partial charge in [0.15, 0.2) is 5.16 Å². The number of esters is 1. The first-order chi connectivity index (χ1) is 13.9. The number of aromatic nitrogens is 2. The van der Waals surface area contributed by atoms with Crippen LogP contribution in [0.4, 0.5) is 4.79 Å². The molecule has 0 unspecified atom stereocenters. The van der Waals surface area contributed by atoms with Crippen molar-refractivity contribution in [2.24, 2.45) is 0 Å². The molecule has 160 valence electrons. The van der Waals surface area contributed by atoms with Gasteiger partial charge in [0.1, 0.15) is 0 Å². The highest BCUT2D eigenvalue weighted by Gasteiger charge is 2.31. The summed E-state index contributed by atoms with van der Waals surface area (Å²) in [6, 6.07) is -0.649. The summed E-state index contributed by atoms with van der Waals surface area (Å²) >= 11 is 1.51. The molecule has 1 aromatic rings. The average Bonchev–Trinajstić information content (AvgIpc) is 3.30. The average molecular weight is 423 g/mol. The van der Waals surface area contributed by atoms with Crippen LogP contribution in [0.1, 0.15) is 44.5 Å². The minimum atomic E-state index is -0.391. The Morgan fingerprint density at radius 3 is 2.83 bits per heavy atom. The molecular weight excluding hydrogens is 392 g/mol. The van der Waals surface area contributed by atoms with Crippen LogP contribution in [0.3, 0.4) is 0 Å². The summed E-state index contributed by atoms with van der Waals surface area (Å²) in [4.78, 5) is 29.3. The van der Waals surface area contributed by atoms with Crippen LogP contribution >= 0.6 is 11.8 Å². The number of hydrogen-bond acceptors (Lipinski definition) is 6. The number of carbonyl (C=O) groups excluding carboxylic acids is 2. The van der Waals surface area contributed by atoms with Gasteiger partial charge in [0.05, 0.1) is 36.6 Å². The molecule has 2 aliphatic heterocycles. The van der Waals surface area contributed by atoms with Crippen LogP contribution in [0.2, 0.25) is 0 Å². The third-order valence-electron chi connectivity index (χ3n) is 5.33. The van der Waals surface area contributed by atoms with Crippen LogP contribution < -0.4 is 10.6 Å². The maximum Gasteiger partial charge on any atom is 0.337 e. The Bertz CT molecular complexity index is 799. The Morgan fingerprint density at radius 2 is 2.17 bits per heavy atom. The van der Waals surface area contributed by atoms with E-state index in [9.17, 15) is 9.59 Å². The summed E-state index contributed by atoms with van der Waals surface area (Å²) < 4.78 is 13.2. The summed E-state index contributed by atoms with van der Waals surface area (Å²) in [7, 11) is 0. The number of amides is 2. The molecule has 0 aliphatic carbocycles. The first-order valence-electron chi connectivity index (χ1n) is 10.2. The van der Waals surface area contributed by atoms with Gasteiger partial charge < -0.3 is 24.7 Å². The Morgan fingerprint density at radius 1 is 1.38 bits per heavy atom. The highest BCUT2D eigenvalue weighted by molar-refractivity contribution is 7.99. The van der Waals surface area contributed by atoms with E-state index >= 15 is 0 Å². The highest BCUT2D eigenvalue weighted by Crippen LogP contribution is 2.27. The zero-order valence-electron chi connectivity index (χ0n) is 17.5. The van der Waals surface area contributed by atoms with Crippen LogP contribution in [-0.2, 0) is 20.8 Å². The van der Waals surface area contributed by atoms with Crippen LogP contribution in [0.15, 0.2) is 16.4 Å². The molecule has 29 heavy (non-hydrogen) atoms. The zero-order valence-corrected chi connectivity index (χ0v) is 18.4. The maximum absolute atomic E-state index is 12.5. The summed E-state index contributed by atoms with van der Waals surface area (Å²) in [5.41, 5.74) is 3.17. The van der Waals surface area contributed by atoms with Crippen molar-refractivity contribution in [1.82, 2.24) is 20.2 Å². The number of aryl methyl sites for hydroxylation is 1. The fourth-order valence-corrected chi connectivity index (χ4v) is 4.72. The summed E-state index contributed by atoms with van der Waals surface area (Å²) in [5.74, 6) is 0.0388. The largest absolute Gasteiger partial charge is 0.463 e. The second-order valence-corrected chi connectivity index (χ2v) is 8.21. The molecule has 3 heterocycles. The molecule has 1 saturated heterocycles. The second kappa shape index (κ2) is 9.67. The number of nitrogens with one attached hydrogen (secondary N) is 2. The van der Waals surface area contributed by atoms with E-state index in [0.29, 0.717) is 23.4 Å². The van der Waals surface area contributed by atoms with Gasteiger partial charge in [-0.2, -0.15) is 0 Å². The van der Waals surface area contributed by atoms with Crippen molar-refractivity contribution in [1.29, 1.82) is 0 Å². The predicted molar refractivity (Wildman–Crippen MR) is 111 cm³/mol. The molecule has 2 atom stereocenters. The molecule has 3 rings (SSSR count). The number of urea groups is 1. The smallest absolute Gasteiger partial charge is 0.337 e. The SMILES string of the molecule is CCOC(=O)C1=C(CSc2nc(C)c(C)n2C[C@H]2CCCO2)NC(=O)N[C@H]1CC. The Kier molecular flexibility index (Phi) is 7.23. The van der Waals surface area contributed by atoms with E-state index < -0.39 is 5.97 Å². The van der Waals surface area contributed by atoms with Crippen molar-refractivity contribution in [2.75, 3.05) is 19.0 Å². The van der Waals surface area contributed by atoms with E-state index in [1.165, 1.54) is 11.8 Å². The first kappa shape index (κ1) is 21.7. The summed E-state index contributed by atoms with van der Waals surface area (Å²) in [6.45, 7) is 9.63. The number of imidazole rings is 1. The van der Waals surface area contributed by atoms with Gasteiger partial charge in [0.25, 0.3) is 0 Å². The van der Waals surface area contributed by atoms with E-state index in [4.69, 9.17) is 14.5 Å². The number of rotatable bonds is 8. The molecule has 0 bridgehead atoms. The van der Waals surface area contributed by atoms with E-state index in [2.05, 4.69) is 22.1 Å². The van der Waals surface area contributed by atoms with Gasteiger partial charge in [0.2, 0.25) is 0 Å². The van der Waals surface area contributed by atoms with Crippen LogP contribution in [0.25, 0.3) is 0 Å². The molecule has 8 nitrogen and oxygen atoms in total. The third-order valence-corrected chi connectivity index (χ3v) is 6.33. The third kappa shape index (κ3) is 4.95. The summed E-state index contributed by atoms with van der Waals surface area (Å²) in [6.07, 6.45) is 2.96. The lowest BCUT2D eigenvalue weighted by atomic mass is 10.0. The van der Waals surface area contributed by atoms with Gasteiger partial charge in [-0.25, -0.2) is 14.6 Å². The number of ether oxygens (including phenoxy) is 2. The number of thioether (sulfide) groups is 1. The van der Waals surface area contributed by atoms with Gasteiger partial charge in [-0.15, -0.1) is 0 Å². The van der Waals surface area contributed by atoms with Gasteiger partial charge in [-0.3, -0.25) is 0 Å². The summed E-state index contributed by atoms with van der Waals surface area (Å²) in [5, 5.41) is 6.47. The van der Waals surface area contributed by atoms with E-state index in [0.717, 1.165) is 42.5 Å². The van der Waals surface area contributed by atoms with Gasteiger partial charge >= 0.3 is 12.0 Å². The molecule has 0 aromatic carbocycles. The Balaban J connectivity index is 1.83. The molecular formula is C20H30N4O4S. The standard InChI is InChI=1S/C20H30N4O4S/c1-5-15-17(18(25)27-6-2)16(23-19(26)22-15)11-29-20-21-12(3)13(4)24(20)10-14-8-7-9-28-14/h14-15H,5-11H2,1-4H3,(H2,22,23,26)/t14-,15+/m1/s1. The molecule has 2 N–H and O–H groups in total. The number of nitrogens with zero attached hydrogens (tertiary/aromatic N) is 2. The van der Waals surface area contributed by atoms with Crippen LogP contribution in [-0.4, -0.2) is 52.7 Å². The first-order valence-corrected chi connectivity index (χ1v) is 11.2. The Labute approximate surface area is 175 Å². The maximum atomic E-state index is 12.5. The fraction of sp³-hybridized carbons (Fsp3) is 0.650. The van der Waals surface area contributed by atoms with E-state index in [1.54, 1.807) is 6.92 Å². The van der Waals surface area contributed by atoms with E-state index in [-0.39, 0.29) is 24.8 Å². The van der Waals surface area contributed by atoms with Crippen molar-refractivity contribution < 1.29 is 19.1 Å². The van der Waals surface area contributed by atoms with Crippen molar-refractivity contribution >= 4 is 23.8 Å². The van der Waals surface area contributed by atoms with Crippen LogP contribution in [0, 0.1) is 13.8 Å². The monoisotopic (exact) mass is 422 g/mol. The molecule has 9 heteroatoms. The van der Waals surface area contributed by atoms with Crippen molar-refractivity contribution in [3.63, 3.8) is 0 Å². The van der Waals surface area contributed by atoms with Gasteiger partial charge in [-0.05, 0) is 40.0 Å². The predicted octanol–water partition coefficient (Wildman–Crippen LogP) is 2.68. The topological polar surface area (TPSA) is 94.5 Å². The lowest BCUT2D eigenvalue weighted by molar-refractivity contribution is -0.139.